The van der Waals surface area contributed by atoms with Crippen LogP contribution in [0.2, 0.25) is 0 Å². The molecule has 0 aliphatic carbocycles. The molecule has 1 unspecified atom stereocenters. The lowest BCUT2D eigenvalue weighted by Gasteiger charge is -2.27. The number of phenolic OH excluding ortho intramolecular Hbond substituents is 1. The zero-order valence-electron chi connectivity index (χ0n) is 16.4. The van der Waals surface area contributed by atoms with Gasteiger partial charge < -0.3 is 20.1 Å². The molecule has 2 aliphatic heterocycles. The lowest BCUT2D eigenvalue weighted by atomic mass is 9.96. The van der Waals surface area contributed by atoms with Gasteiger partial charge in [0.2, 0.25) is 11.8 Å². The Balaban J connectivity index is 1.50. The summed E-state index contributed by atoms with van der Waals surface area (Å²) in [6, 6.07) is 11.9. The van der Waals surface area contributed by atoms with Crippen molar-refractivity contribution < 1.29 is 19.4 Å². The normalized spacial score (nSPS) is 19.0. The Morgan fingerprint density at radius 2 is 2.13 bits per heavy atom. The number of thiophene rings is 1. The number of amides is 2. The van der Waals surface area contributed by atoms with Crippen LogP contribution >= 0.6 is 11.3 Å². The quantitative estimate of drug-likeness (QED) is 0.620. The molecule has 2 amide bonds. The predicted molar refractivity (Wildman–Crippen MR) is 116 cm³/mol. The third kappa shape index (κ3) is 3.29. The Kier molecular flexibility index (Phi) is 4.83. The number of benzene rings is 2. The summed E-state index contributed by atoms with van der Waals surface area (Å²) in [6.45, 7) is 1.59. The van der Waals surface area contributed by atoms with Crippen LogP contribution in [-0.2, 0) is 16.1 Å². The Morgan fingerprint density at radius 3 is 3.00 bits per heavy atom. The molecule has 0 saturated carbocycles. The van der Waals surface area contributed by atoms with Crippen molar-refractivity contribution in [2.24, 2.45) is 5.92 Å². The van der Waals surface area contributed by atoms with Gasteiger partial charge in [-0.2, -0.15) is 0 Å². The first kappa shape index (κ1) is 18.9. The second-order valence-corrected chi connectivity index (χ2v) is 8.63. The molecule has 154 valence electrons. The molecule has 0 spiro atoms. The number of nitrogens with zero attached hydrogens (tertiary/aromatic N) is 1. The van der Waals surface area contributed by atoms with E-state index in [1.54, 1.807) is 22.3 Å². The van der Waals surface area contributed by atoms with Gasteiger partial charge in [0.25, 0.3) is 0 Å². The van der Waals surface area contributed by atoms with Crippen LogP contribution < -0.4 is 10.1 Å². The molecule has 1 atom stereocenters. The van der Waals surface area contributed by atoms with Crippen molar-refractivity contribution in [2.75, 3.05) is 19.7 Å². The fourth-order valence-electron chi connectivity index (χ4n) is 4.27. The Hall–Kier alpha value is -3.06. The molecular formula is C23H22N2O4S. The molecule has 0 bridgehead atoms. The van der Waals surface area contributed by atoms with E-state index < -0.39 is 5.92 Å². The van der Waals surface area contributed by atoms with Crippen molar-refractivity contribution in [3.05, 3.63) is 47.3 Å². The van der Waals surface area contributed by atoms with Gasteiger partial charge in [-0.3, -0.25) is 9.59 Å². The van der Waals surface area contributed by atoms with Crippen LogP contribution in [0, 0.1) is 5.92 Å². The third-order valence-corrected chi connectivity index (χ3v) is 6.77. The average molecular weight is 423 g/mol. The Morgan fingerprint density at radius 1 is 1.27 bits per heavy atom. The smallest absolute Gasteiger partial charge is 0.235 e. The summed E-state index contributed by atoms with van der Waals surface area (Å²) in [6.07, 6.45) is 1.38. The number of fused-ring (bicyclic) bond motifs is 2. The summed E-state index contributed by atoms with van der Waals surface area (Å²) in [7, 11) is 0. The number of phenols is 1. The summed E-state index contributed by atoms with van der Waals surface area (Å²) in [5.41, 5.74) is 2.68. The van der Waals surface area contributed by atoms with Crippen molar-refractivity contribution in [3.8, 4) is 22.6 Å². The highest BCUT2D eigenvalue weighted by Gasteiger charge is 2.34. The summed E-state index contributed by atoms with van der Waals surface area (Å²) >= 11 is 1.66. The molecule has 6 nitrogen and oxygen atoms in total. The molecule has 1 saturated heterocycles. The van der Waals surface area contributed by atoms with E-state index in [0.717, 1.165) is 28.5 Å². The molecule has 1 fully saturated rings. The fraction of sp³-hybridized carbons (Fsp3) is 0.304. The maximum Gasteiger partial charge on any atom is 0.235 e. The first-order valence-electron chi connectivity index (χ1n) is 10.1. The molecule has 30 heavy (non-hydrogen) atoms. The zero-order valence-corrected chi connectivity index (χ0v) is 17.2. The van der Waals surface area contributed by atoms with Gasteiger partial charge >= 0.3 is 0 Å². The Bertz CT molecular complexity index is 1140. The monoisotopic (exact) mass is 422 g/mol. The molecule has 2 N–H and O–H groups in total. The number of piperidine rings is 1. The van der Waals surface area contributed by atoms with Gasteiger partial charge in [0.1, 0.15) is 12.5 Å². The van der Waals surface area contributed by atoms with Crippen molar-refractivity contribution in [1.29, 1.82) is 0 Å². The average Bonchev–Trinajstić information content (AvgIpc) is 3.06. The van der Waals surface area contributed by atoms with E-state index in [0.29, 0.717) is 31.8 Å². The maximum absolute atomic E-state index is 13.0. The second-order valence-electron chi connectivity index (χ2n) is 7.72. The van der Waals surface area contributed by atoms with Gasteiger partial charge in [-0.25, -0.2) is 0 Å². The van der Waals surface area contributed by atoms with Crippen LogP contribution in [0.1, 0.15) is 18.4 Å². The van der Waals surface area contributed by atoms with E-state index in [9.17, 15) is 14.7 Å². The lowest BCUT2D eigenvalue weighted by molar-refractivity contribution is -0.144. The highest BCUT2D eigenvalue weighted by atomic mass is 32.1. The highest BCUT2D eigenvalue weighted by Crippen LogP contribution is 2.41. The van der Waals surface area contributed by atoms with Crippen LogP contribution in [0.4, 0.5) is 0 Å². The first-order chi connectivity index (χ1) is 14.6. The van der Waals surface area contributed by atoms with Gasteiger partial charge in [-0.1, -0.05) is 18.2 Å². The number of aromatic hydroxyl groups is 1. The minimum atomic E-state index is -0.641. The van der Waals surface area contributed by atoms with Gasteiger partial charge in [-0.05, 0) is 42.0 Å². The molecule has 2 aliphatic rings. The number of carbonyl (C=O) groups is 2. The number of carbonyl (C=O) groups excluding carboxylic acids is 2. The molecular weight excluding hydrogens is 400 g/mol. The minimum absolute atomic E-state index is 0.0717. The molecule has 5 rings (SSSR count). The molecule has 7 heteroatoms. The van der Waals surface area contributed by atoms with E-state index >= 15 is 0 Å². The van der Waals surface area contributed by atoms with E-state index in [2.05, 4.69) is 22.8 Å². The minimum Gasteiger partial charge on any atom is -0.504 e. The summed E-state index contributed by atoms with van der Waals surface area (Å²) < 4.78 is 6.97. The van der Waals surface area contributed by atoms with Gasteiger partial charge in [0.15, 0.2) is 11.5 Å². The largest absolute Gasteiger partial charge is 0.504 e. The number of hydrogen-bond donors (Lipinski definition) is 2. The van der Waals surface area contributed by atoms with Crippen molar-refractivity contribution in [1.82, 2.24) is 10.2 Å². The number of nitrogens with one attached hydrogen (secondary N) is 1. The summed E-state index contributed by atoms with van der Waals surface area (Å²) in [5, 5.41) is 16.7. The standard InChI is InChI=1S/C23H22N2O4S/c26-19-11-14(18-13-30-20-6-2-1-4-16(18)20)10-15-12-25(8-9-29-21(15)19)23(28)17-5-3-7-24-22(17)27/h1-2,4,6,10-11,13,17,26H,3,5,7-9,12H2,(H,24,27). The number of ether oxygens (including phenoxy) is 1. The molecule has 0 radical (unpaired) electrons. The van der Waals surface area contributed by atoms with Crippen LogP contribution in [-0.4, -0.2) is 41.5 Å². The van der Waals surface area contributed by atoms with Crippen LogP contribution in [0.25, 0.3) is 21.2 Å². The van der Waals surface area contributed by atoms with Crippen molar-refractivity contribution in [3.63, 3.8) is 0 Å². The highest BCUT2D eigenvalue weighted by molar-refractivity contribution is 7.17. The number of hydrogen-bond acceptors (Lipinski definition) is 5. The van der Waals surface area contributed by atoms with E-state index in [-0.39, 0.29) is 24.2 Å². The second kappa shape index (κ2) is 7.65. The van der Waals surface area contributed by atoms with Gasteiger partial charge in [-0.15, -0.1) is 11.3 Å². The predicted octanol–water partition coefficient (Wildman–Crippen LogP) is 3.52. The number of rotatable bonds is 2. The molecule has 2 aromatic carbocycles. The SMILES string of the molecule is O=C1NCCCC1C(=O)N1CCOc2c(O)cc(-c3csc4ccccc34)cc2C1. The fourth-order valence-corrected chi connectivity index (χ4v) is 5.24. The van der Waals surface area contributed by atoms with Crippen LogP contribution in [0.15, 0.2) is 41.8 Å². The van der Waals surface area contributed by atoms with Gasteiger partial charge in [0, 0.05) is 34.3 Å². The van der Waals surface area contributed by atoms with Crippen LogP contribution in [0.3, 0.4) is 0 Å². The third-order valence-electron chi connectivity index (χ3n) is 5.80. The van der Waals surface area contributed by atoms with E-state index in [4.69, 9.17) is 4.74 Å². The molecule has 3 aromatic rings. The molecule has 3 heterocycles. The Labute approximate surface area is 178 Å². The lowest BCUT2D eigenvalue weighted by Crippen LogP contribution is -2.47. The van der Waals surface area contributed by atoms with E-state index in [1.807, 2.05) is 18.2 Å². The maximum atomic E-state index is 13.0. The molecule has 1 aromatic heterocycles. The zero-order chi connectivity index (χ0) is 20.7. The topological polar surface area (TPSA) is 78.9 Å². The summed E-state index contributed by atoms with van der Waals surface area (Å²) in [4.78, 5) is 26.9. The summed E-state index contributed by atoms with van der Waals surface area (Å²) in [5.74, 6) is -0.519. The van der Waals surface area contributed by atoms with Crippen molar-refractivity contribution >= 4 is 33.2 Å². The first-order valence-corrected chi connectivity index (χ1v) is 11.0. The van der Waals surface area contributed by atoms with Crippen LogP contribution in [0.5, 0.6) is 11.5 Å². The van der Waals surface area contributed by atoms with Gasteiger partial charge in [0.05, 0.1) is 6.54 Å². The van der Waals surface area contributed by atoms with E-state index in [1.165, 1.54) is 4.70 Å². The van der Waals surface area contributed by atoms with Crippen molar-refractivity contribution in [2.45, 2.75) is 19.4 Å².